The van der Waals surface area contributed by atoms with Crippen LogP contribution >= 0.6 is 0 Å². The molecule has 1 heterocycles. The molecule has 1 unspecified atom stereocenters. The Balaban J connectivity index is 1.85. The van der Waals surface area contributed by atoms with Crippen molar-refractivity contribution < 1.29 is 14.6 Å². The summed E-state index contributed by atoms with van der Waals surface area (Å²) in [5, 5.41) is 9.92. The van der Waals surface area contributed by atoms with Gasteiger partial charge in [0.15, 0.2) is 5.78 Å². The van der Waals surface area contributed by atoms with E-state index in [1.807, 2.05) is 17.7 Å². The van der Waals surface area contributed by atoms with Crippen molar-refractivity contribution in [3.8, 4) is 5.75 Å². The summed E-state index contributed by atoms with van der Waals surface area (Å²) in [7, 11) is 0. The molecule has 0 amide bonds. The van der Waals surface area contributed by atoms with Gasteiger partial charge in [-0.15, -0.1) is 0 Å². The van der Waals surface area contributed by atoms with Gasteiger partial charge in [0.2, 0.25) is 0 Å². The minimum atomic E-state index is -0.615. The second-order valence-corrected chi connectivity index (χ2v) is 4.67. The Labute approximate surface area is 117 Å². The lowest BCUT2D eigenvalue weighted by atomic mass is 10.1. The first-order valence-corrected chi connectivity index (χ1v) is 6.46. The zero-order valence-corrected chi connectivity index (χ0v) is 11.6. The van der Waals surface area contributed by atoms with Crippen molar-refractivity contribution in [3.63, 3.8) is 0 Å². The molecule has 0 fully saturated rings. The number of nitrogens with zero attached hydrogens (tertiary/aromatic N) is 2. The molecule has 2 aromatic rings. The van der Waals surface area contributed by atoms with Gasteiger partial charge in [0.1, 0.15) is 24.3 Å². The molecule has 5 nitrogen and oxygen atoms in total. The van der Waals surface area contributed by atoms with Crippen LogP contribution in [0.4, 0.5) is 0 Å². The minimum absolute atomic E-state index is 0.0205. The number of benzene rings is 1. The van der Waals surface area contributed by atoms with Gasteiger partial charge in [-0.1, -0.05) is 0 Å². The number of hydrogen-bond acceptors (Lipinski definition) is 4. The van der Waals surface area contributed by atoms with Crippen molar-refractivity contribution in [3.05, 3.63) is 48.0 Å². The van der Waals surface area contributed by atoms with Gasteiger partial charge in [-0.25, -0.2) is 4.98 Å². The van der Waals surface area contributed by atoms with Gasteiger partial charge >= 0.3 is 0 Å². The molecule has 1 atom stereocenters. The number of Topliss-reactive ketones (excluding diaryl/α,β-unsaturated/α-hetero) is 1. The molecule has 1 N–H and O–H groups in total. The SMILES string of the molecule is CC(=O)c1ccc(OCC(O)Cn2ccnc2C)cc1. The number of aryl methyl sites for hydroxylation is 1. The highest BCUT2D eigenvalue weighted by Crippen LogP contribution is 2.13. The normalized spacial score (nSPS) is 12.2. The maximum atomic E-state index is 11.1. The highest BCUT2D eigenvalue weighted by molar-refractivity contribution is 5.94. The van der Waals surface area contributed by atoms with Crippen LogP contribution in [0.15, 0.2) is 36.7 Å². The number of hydrogen-bond donors (Lipinski definition) is 1. The van der Waals surface area contributed by atoms with Crippen molar-refractivity contribution in [1.82, 2.24) is 9.55 Å². The average Bonchev–Trinajstić information content (AvgIpc) is 2.82. The predicted octanol–water partition coefficient (Wildman–Crippen LogP) is 1.83. The maximum Gasteiger partial charge on any atom is 0.159 e. The first-order valence-electron chi connectivity index (χ1n) is 6.46. The fraction of sp³-hybridized carbons (Fsp3) is 0.333. The van der Waals surface area contributed by atoms with E-state index in [0.717, 1.165) is 5.82 Å². The summed E-state index contributed by atoms with van der Waals surface area (Å²) >= 11 is 0. The summed E-state index contributed by atoms with van der Waals surface area (Å²) in [4.78, 5) is 15.2. The number of aliphatic hydroxyl groups excluding tert-OH is 1. The lowest BCUT2D eigenvalue weighted by molar-refractivity contribution is 0.0918. The first-order chi connectivity index (χ1) is 9.56. The van der Waals surface area contributed by atoms with Gasteiger partial charge in [-0.2, -0.15) is 0 Å². The maximum absolute atomic E-state index is 11.1. The number of carbonyl (C=O) groups excluding carboxylic acids is 1. The monoisotopic (exact) mass is 274 g/mol. The van der Waals surface area contributed by atoms with E-state index in [0.29, 0.717) is 17.9 Å². The molecule has 0 radical (unpaired) electrons. The van der Waals surface area contributed by atoms with Crippen molar-refractivity contribution in [1.29, 1.82) is 0 Å². The van der Waals surface area contributed by atoms with Crippen LogP contribution in [0.1, 0.15) is 23.1 Å². The third-order valence-corrected chi connectivity index (χ3v) is 3.03. The number of ether oxygens (including phenoxy) is 1. The molecule has 1 aromatic heterocycles. The Morgan fingerprint density at radius 1 is 1.40 bits per heavy atom. The molecule has 0 spiro atoms. The van der Waals surface area contributed by atoms with Gasteiger partial charge in [0.05, 0.1) is 6.54 Å². The van der Waals surface area contributed by atoms with Gasteiger partial charge in [-0.05, 0) is 38.1 Å². The van der Waals surface area contributed by atoms with Crippen molar-refractivity contribution >= 4 is 5.78 Å². The number of aliphatic hydroxyl groups is 1. The summed E-state index contributed by atoms with van der Waals surface area (Å²) in [5.41, 5.74) is 0.645. The molecular formula is C15H18N2O3. The molecule has 106 valence electrons. The fourth-order valence-corrected chi connectivity index (χ4v) is 1.85. The van der Waals surface area contributed by atoms with Gasteiger partial charge in [0.25, 0.3) is 0 Å². The molecule has 0 saturated carbocycles. The molecule has 2 rings (SSSR count). The van der Waals surface area contributed by atoms with Crippen molar-refractivity contribution in [2.24, 2.45) is 0 Å². The van der Waals surface area contributed by atoms with E-state index in [4.69, 9.17) is 4.74 Å². The highest BCUT2D eigenvalue weighted by atomic mass is 16.5. The molecule has 20 heavy (non-hydrogen) atoms. The predicted molar refractivity (Wildman–Crippen MR) is 74.9 cm³/mol. The Bertz CT molecular complexity index is 575. The third-order valence-electron chi connectivity index (χ3n) is 3.03. The molecule has 0 aliphatic carbocycles. The number of ketones is 1. The van der Waals surface area contributed by atoms with Crippen LogP contribution < -0.4 is 4.74 Å². The topological polar surface area (TPSA) is 64.3 Å². The zero-order valence-electron chi connectivity index (χ0n) is 11.6. The average molecular weight is 274 g/mol. The van der Waals surface area contributed by atoms with E-state index in [1.54, 1.807) is 30.5 Å². The smallest absolute Gasteiger partial charge is 0.159 e. The number of imidazole rings is 1. The van der Waals surface area contributed by atoms with E-state index in [1.165, 1.54) is 6.92 Å². The van der Waals surface area contributed by atoms with Crippen LogP contribution in [0.3, 0.4) is 0 Å². The van der Waals surface area contributed by atoms with Gasteiger partial charge in [0, 0.05) is 18.0 Å². The second kappa shape index (κ2) is 6.34. The van der Waals surface area contributed by atoms with Crippen molar-refractivity contribution in [2.45, 2.75) is 26.5 Å². The molecule has 0 aliphatic heterocycles. The third kappa shape index (κ3) is 3.68. The van der Waals surface area contributed by atoms with Crippen molar-refractivity contribution in [2.75, 3.05) is 6.61 Å². The molecule has 0 saturated heterocycles. The largest absolute Gasteiger partial charge is 0.491 e. The van der Waals surface area contributed by atoms with Crippen LogP contribution in [0.5, 0.6) is 5.75 Å². The Kier molecular flexibility index (Phi) is 4.53. The molecular weight excluding hydrogens is 256 g/mol. The van der Waals surface area contributed by atoms with Crippen LogP contribution in [-0.2, 0) is 6.54 Å². The van der Waals surface area contributed by atoms with Crippen LogP contribution in [0.2, 0.25) is 0 Å². The lowest BCUT2D eigenvalue weighted by Gasteiger charge is -2.14. The standard InChI is InChI=1S/C15H18N2O3/c1-11(18)13-3-5-15(6-4-13)20-10-14(19)9-17-8-7-16-12(17)2/h3-8,14,19H,9-10H2,1-2H3. The van der Waals surface area contributed by atoms with Crippen LogP contribution in [0, 0.1) is 6.92 Å². The lowest BCUT2D eigenvalue weighted by Crippen LogP contribution is -2.23. The van der Waals surface area contributed by atoms with E-state index in [-0.39, 0.29) is 12.4 Å². The Hall–Kier alpha value is -2.14. The minimum Gasteiger partial charge on any atom is -0.491 e. The molecule has 0 bridgehead atoms. The van der Waals surface area contributed by atoms with Gasteiger partial charge < -0.3 is 14.4 Å². The van der Waals surface area contributed by atoms with Crippen LogP contribution in [-0.4, -0.2) is 33.2 Å². The highest BCUT2D eigenvalue weighted by Gasteiger charge is 2.08. The fourth-order valence-electron chi connectivity index (χ4n) is 1.85. The summed E-state index contributed by atoms with van der Waals surface area (Å²) < 4.78 is 7.36. The molecule has 5 heteroatoms. The quantitative estimate of drug-likeness (QED) is 0.816. The Morgan fingerprint density at radius 2 is 2.10 bits per heavy atom. The molecule has 0 aliphatic rings. The Morgan fingerprint density at radius 3 is 2.65 bits per heavy atom. The summed E-state index contributed by atoms with van der Waals surface area (Å²) in [5.74, 6) is 1.51. The zero-order chi connectivity index (χ0) is 14.5. The van der Waals surface area contributed by atoms with Crippen LogP contribution in [0.25, 0.3) is 0 Å². The summed E-state index contributed by atoms with van der Waals surface area (Å²) in [6.45, 7) is 4.04. The number of rotatable bonds is 6. The first kappa shape index (κ1) is 14.3. The van der Waals surface area contributed by atoms with E-state index in [9.17, 15) is 9.90 Å². The van der Waals surface area contributed by atoms with Gasteiger partial charge in [-0.3, -0.25) is 4.79 Å². The van der Waals surface area contributed by atoms with E-state index < -0.39 is 6.10 Å². The molecule has 1 aromatic carbocycles. The number of carbonyl (C=O) groups is 1. The van der Waals surface area contributed by atoms with E-state index >= 15 is 0 Å². The number of aromatic nitrogens is 2. The van der Waals surface area contributed by atoms with E-state index in [2.05, 4.69) is 4.98 Å². The summed E-state index contributed by atoms with van der Waals surface area (Å²) in [6, 6.07) is 6.88. The second-order valence-electron chi connectivity index (χ2n) is 4.67. The summed E-state index contributed by atoms with van der Waals surface area (Å²) in [6.07, 6.45) is 2.90.